The van der Waals surface area contributed by atoms with Crippen molar-refractivity contribution in [1.82, 2.24) is 10.2 Å². The molecule has 0 aromatic heterocycles. The van der Waals surface area contributed by atoms with Gasteiger partial charge in [-0.15, -0.1) is 24.8 Å². The van der Waals surface area contributed by atoms with E-state index in [9.17, 15) is 17.6 Å². The van der Waals surface area contributed by atoms with Crippen LogP contribution < -0.4 is 5.32 Å². The average molecular weight is 405 g/mol. The molecule has 1 saturated heterocycles. The largest absolute Gasteiger partial charge is 0.416 e. The molecular weight excluding hydrogens is 379 g/mol. The van der Waals surface area contributed by atoms with E-state index in [0.29, 0.717) is 11.6 Å². The van der Waals surface area contributed by atoms with E-state index >= 15 is 0 Å². The lowest BCUT2D eigenvalue weighted by Crippen LogP contribution is -2.45. The number of nitrogens with zero attached hydrogens (tertiary/aromatic N) is 1. The topological polar surface area (TPSA) is 15.3 Å². The third-order valence-corrected chi connectivity index (χ3v) is 4.36. The van der Waals surface area contributed by atoms with Gasteiger partial charge in [0.15, 0.2) is 0 Å². The predicted molar refractivity (Wildman–Crippen MR) is 97.2 cm³/mol. The Morgan fingerprint density at radius 2 is 1.76 bits per heavy atom. The van der Waals surface area contributed by atoms with E-state index < -0.39 is 17.6 Å². The first-order valence-corrected chi connectivity index (χ1v) is 8.25. The first-order valence-electron chi connectivity index (χ1n) is 8.25. The summed E-state index contributed by atoms with van der Waals surface area (Å²) in [6, 6.07) is 2.79. The lowest BCUT2D eigenvalue weighted by molar-refractivity contribution is -0.137. The molecule has 1 heterocycles. The summed E-state index contributed by atoms with van der Waals surface area (Å²) < 4.78 is 52.5. The monoisotopic (exact) mass is 404 g/mol. The molecule has 0 bridgehead atoms. The quantitative estimate of drug-likeness (QED) is 0.516. The van der Waals surface area contributed by atoms with Crippen LogP contribution in [0.5, 0.6) is 0 Å². The van der Waals surface area contributed by atoms with Crippen LogP contribution in [0.15, 0.2) is 18.2 Å². The van der Waals surface area contributed by atoms with Crippen LogP contribution in [0.2, 0.25) is 0 Å². The van der Waals surface area contributed by atoms with E-state index in [-0.39, 0.29) is 30.9 Å². The SMILES string of the molecule is CCCCC[C@@H](c1ccc(C(F)(F)F)cc1F)N1CCNCC1.Cl.Cl. The van der Waals surface area contributed by atoms with E-state index in [1.807, 2.05) is 0 Å². The van der Waals surface area contributed by atoms with Gasteiger partial charge in [-0.1, -0.05) is 32.3 Å². The number of halogens is 6. The van der Waals surface area contributed by atoms with Crippen molar-refractivity contribution in [3.63, 3.8) is 0 Å². The van der Waals surface area contributed by atoms with E-state index in [0.717, 1.165) is 57.9 Å². The zero-order chi connectivity index (χ0) is 16.9. The Balaban J connectivity index is 0.00000288. The van der Waals surface area contributed by atoms with Crippen molar-refractivity contribution in [3.05, 3.63) is 35.1 Å². The highest BCUT2D eigenvalue weighted by Crippen LogP contribution is 2.34. The molecule has 0 spiro atoms. The molecule has 0 aliphatic carbocycles. The van der Waals surface area contributed by atoms with Crippen LogP contribution in [0.1, 0.15) is 49.8 Å². The Morgan fingerprint density at radius 1 is 1.12 bits per heavy atom. The number of rotatable bonds is 6. The highest BCUT2D eigenvalue weighted by Gasteiger charge is 2.32. The summed E-state index contributed by atoms with van der Waals surface area (Å²) in [4.78, 5) is 2.18. The zero-order valence-corrected chi connectivity index (χ0v) is 15.9. The molecule has 2 nitrogen and oxygen atoms in total. The summed E-state index contributed by atoms with van der Waals surface area (Å²) >= 11 is 0. The van der Waals surface area contributed by atoms with Crippen LogP contribution in [0.25, 0.3) is 0 Å². The Hall–Kier alpha value is -0.560. The van der Waals surface area contributed by atoms with Gasteiger partial charge in [0.1, 0.15) is 5.82 Å². The van der Waals surface area contributed by atoms with Crippen molar-refractivity contribution in [2.45, 2.75) is 44.8 Å². The van der Waals surface area contributed by atoms with E-state index in [2.05, 4.69) is 17.1 Å². The molecule has 1 N–H and O–H groups in total. The number of unbranched alkanes of at least 4 members (excludes halogenated alkanes) is 2. The maximum Gasteiger partial charge on any atom is 0.416 e. The van der Waals surface area contributed by atoms with Crippen molar-refractivity contribution in [2.24, 2.45) is 0 Å². The summed E-state index contributed by atoms with van der Waals surface area (Å²) in [5.41, 5.74) is -0.539. The second kappa shape index (κ2) is 11.2. The van der Waals surface area contributed by atoms with Crippen molar-refractivity contribution < 1.29 is 17.6 Å². The molecule has 0 unspecified atom stereocenters. The van der Waals surface area contributed by atoms with Crippen LogP contribution in [-0.4, -0.2) is 31.1 Å². The van der Waals surface area contributed by atoms with Crippen molar-refractivity contribution in [1.29, 1.82) is 0 Å². The Kier molecular flexibility index (Phi) is 11.0. The van der Waals surface area contributed by atoms with Gasteiger partial charge < -0.3 is 5.32 Å². The lowest BCUT2D eigenvalue weighted by Gasteiger charge is -2.35. The fourth-order valence-corrected chi connectivity index (χ4v) is 3.09. The second-order valence-corrected chi connectivity index (χ2v) is 6.03. The molecule has 0 radical (unpaired) electrons. The van der Waals surface area contributed by atoms with Crippen LogP contribution in [-0.2, 0) is 6.18 Å². The molecule has 1 aliphatic rings. The highest BCUT2D eigenvalue weighted by atomic mass is 35.5. The number of nitrogens with one attached hydrogen (secondary N) is 1. The van der Waals surface area contributed by atoms with Gasteiger partial charge in [0.2, 0.25) is 0 Å². The molecule has 146 valence electrons. The summed E-state index contributed by atoms with van der Waals surface area (Å²) in [6.45, 7) is 5.33. The lowest BCUT2D eigenvalue weighted by atomic mass is 9.96. The molecule has 1 atom stereocenters. The zero-order valence-electron chi connectivity index (χ0n) is 14.2. The fourth-order valence-electron chi connectivity index (χ4n) is 3.09. The van der Waals surface area contributed by atoms with Crippen molar-refractivity contribution >= 4 is 24.8 Å². The second-order valence-electron chi connectivity index (χ2n) is 6.03. The first kappa shape index (κ1) is 24.4. The Labute approximate surface area is 159 Å². The minimum absolute atomic E-state index is 0. The summed E-state index contributed by atoms with van der Waals surface area (Å²) in [5, 5.41) is 3.25. The smallest absolute Gasteiger partial charge is 0.314 e. The normalized spacial score (nSPS) is 16.7. The average Bonchev–Trinajstić information content (AvgIpc) is 2.52. The number of alkyl halides is 3. The standard InChI is InChI=1S/C17H24F4N2.2ClH/c1-2-3-4-5-16(23-10-8-22-9-11-23)14-7-6-13(12-15(14)18)17(19,20)21;;/h6-7,12,16,22H,2-5,8-11H2,1H3;2*1H/t16-;;/m0../s1. The van der Waals surface area contributed by atoms with Crippen LogP contribution in [0.3, 0.4) is 0 Å². The minimum atomic E-state index is -4.51. The molecule has 0 saturated carbocycles. The number of piperazine rings is 1. The summed E-state index contributed by atoms with van der Waals surface area (Å²) in [7, 11) is 0. The molecule has 2 rings (SSSR count). The van der Waals surface area contributed by atoms with Gasteiger partial charge in [-0.2, -0.15) is 13.2 Å². The molecule has 1 aliphatic heterocycles. The number of hydrogen-bond acceptors (Lipinski definition) is 2. The van der Waals surface area contributed by atoms with Crippen LogP contribution >= 0.6 is 24.8 Å². The maximum absolute atomic E-state index is 14.4. The van der Waals surface area contributed by atoms with Gasteiger partial charge in [0, 0.05) is 37.8 Å². The molecule has 0 amide bonds. The number of hydrogen-bond donors (Lipinski definition) is 1. The van der Waals surface area contributed by atoms with Crippen LogP contribution in [0, 0.1) is 5.82 Å². The van der Waals surface area contributed by atoms with Crippen molar-refractivity contribution in [3.8, 4) is 0 Å². The van der Waals surface area contributed by atoms with Gasteiger partial charge in [0.25, 0.3) is 0 Å². The summed E-state index contributed by atoms with van der Waals surface area (Å²) in [5.74, 6) is -0.750. The van der Waals surface area contributed by atoms with Crippen molar-refractivity contribution in [2.75, 3.05) is 26.2 Å². The molecule has 25 heavy (non-hydrogen) atoms. The molecule has 8 heteroatoms. The predicted octanol–water partition coefficient (Wildman–Crippen LogP) is 5.21. The molecular formula is C17H26Cl2F4N2. The Morgan fingerprint density at radius 3 is 2.28 bits per heavy atom. The first-order chi connectivity index (χ1) is 10.9. The minimum Gasteiger partial charge on any atom is -0.314 e. The van der Waals surface area contributed by atoms with E-state index in [4.69, 9.17) is 0 Å². The third-order valence-electron chi connectivity index (χ3n) is 4.36. The Bertz CT molecular complexity index is 506. The summed E-state index contributed by atoms with van der Waals surface area (Å²) in [6.07, 6.45) is -0.678. The molecule has 1 fully saturated rings. The molecule has 1 aromatic carbocycles. The van der Waals surface area contributed by atoms with Gasteiger partial charge in [-0.3, -0.25) is 4.90 Å². The maximum atomic E-state index is 14.4. The van der Waals surface area contributed by atoms with Crippen LogP contribution in [0.4, 0.5) is 17.6 Å². The van der Waals surface area contributed by atoms with E-state index in [1.54, 1.807) is 0 Å². The van der Waals surface area contributed by atoms with E-state index in [1.165, 1.54) is 6.07 Å². The number of benzene rings is 1. The van der Waals surface area contributed by atoms with Gasteiger partial charge in [-0.05, 0) is 18.6 Å². The third kappa shape index (κ3) is 6.93. The molecule has 1 aromatic rings. The van der Waals surface area contributed by atoms with Gasteiger partial charge in [-0.25, -0.2) is 4.39 Å². The van der Waals surface area contributed by atoms with Gasteiger partial charge >= 0.3 is 6.18 Å². The highest BCUT2D eigenvalue weighted by molar-refractivity contribution is 5.85. The fraction of sp³-hybridized carbons (Fsp3) is 0.647. The van der Waals surface area contributed by atoms with Gasteiger partial charge in [0.05, 0.1) is 5.56 Å².